The van der Waals surface area contributed by atoms with Gasteiger partial charge in [-0.15, -0.1) is 0 Å². The summed E-state index contributed by atoms with van der Waals surface area (Å²) in [7, 11) is 1.46. The van der Waals surface area contributed by atoms with Gasteiger partial charge in [0, 0.05) is 6.20 Å². The molecule has 0 atom stereocenters. The van der Waals surface area contributed by atoms with Gasteiger partial charge >= 0.3 is 5.97 Å². The van der Waals surface area contributed by atoms with Gasteiger partial charge in [0.25, 0.3) is 0 Å². The van der Waals surface area contributed by atoms with Gasteiger partial charge in [-0.3, -0.25) is 9.78 Å². The quantitative estimate of drug-likeness (QED) is 0.863. The van der Waals surface area contributed by atoms with Crippen molar-refractivity contribution in [2.45, 2.75) is 6.92 Å². The molecule has 0 spiro atoms. The van der Waals surface area contributed by atoms with E-state index in [2.05, 4.69) is 4.98 Å². The van der Waals surface area contributed by atoms with Crippen molar-refractivity contribution in [3.05, 3.63) is 58.9 Å². The number of carboxylic acids is 1. The number of ether oxygens (including phenoxy) is 1. The van der Waals surface area contributed by atoms with Crippen LogP contribution in [0.3, 0.4) is 0 Å². The van der Waals surface area contributed by atoms with Gasteiger partial charge in [-0.05, 0) is 36.8 Å². The van der Waals surface area contributed by atoms with Crippen LogP contribution in [0.25, 0.3) is 0 Å². The Kier molecular flexibility index (Phi) is 3.79. The smallest absolute Gasteiger partial charge is 0.338 e. The van der Waals surface area contributed by atoms with Gasteiger partial charge in [-0.2, -0.15) is 0 Å². The third-order valence-electron chi connectivity index (χ3n) is 2.85. The zero-order chi connectivity index (χ0) is 14.7. The molecule has 0 saturated carbocycles. The van der Waals surface area contributed by atoms with Gasteiger partial charge in [-0.25, -0.2) is 4.79 Å². The highest BCUT2D eigenvalue weighted by Gasteiger charge is 2.21. The molecule has 0 aliphatic rings. The average molecular weight is 271 g/mol. The molecule has 0 aliphatic heterocycles. The maximum Gasteiger partial charge on any atom is 0.338 e. The topological polar surface area (TPSA) is 76.5 Å². The molecule has 2 aromatic rings. The Hall–Kier alpha value is -2.69. The van der Waals surface area contributed by atoms with Crippen molar-refractivity contribution in [2.24, 2.45) is 0 Å². The summed E-state index contributed by atoms with van der Waals surface area (Å²) in [5.74, 6) is -1.26. The Morgan fingerprint density at radius 1 is 1.20 bits per heavy atom. The summed E-state index contributed by atoms with van der Waals surface area (Å²) in [6.45, 7) is 1.88. The minimum atomic E-state index is -1.19. The number of methoxy groups -OCH3 is 1. The van der Waals surface area contributed by atoms with E-state index in [0.29, 0.717) is 11.3 Å². The highest BCUT2D eigenvalue weighted by Crippen LogP contribution is 2.23. The molecule has 0 aliphatic carbocycles. The van der Waals surface area contributed by atoms with Crippen LogP contribution < -0.4 is 4.74 Å². The summed E-state index contributed by atoms with van der Waals surface area (Å²) in [6.07, 6.45) is 1.39. The lowest BCUT2D eigenvalue weighted by atomic mass is 10.0. The standard InChI is InChI=1S/C15H13NO4/c1-9-5-6-10(12(8-9)20-2)14(17)13-11(15(18)19)4-3-7-16-13/h3-8H,1-2H3,(H,18,19). The van der Waals surface area contributed by atoms with Crippen LogP contribution in [0.4, 0.5) is 0 Å². The molecule has 0 saturated heterocycles. The molecule has 1 heterocycles. The van der Waals surface area contributed by atoms with Crippen molar-refractivity contribution in [1.29, 1.82) is 0 Å². The first-order valence-corrected chi connectivity index (χ1v) is 5.92. The predicted octanol–water partition coefficient (Wildman–Crippen LogP) is 2.33. The largest absolute Gasteiger partial charge is 0.496 e. The fourth-order valence-corrected chi connectivity index (χ4v) is 1.87. The van der Waals surface area contributed by atoms with Gasteiger partial charge in [0.15, 0.2) is 0 Å². The van der Waals surface area contributed by atoms with Crippen LogP contribution in [0.15, 0.2) is 36.5 Å². The van der Waals surface area contributed by atoms with Crippen molar-refractivity contribution in [3.63, 3.8) is 0 Å². The summed E-state index contributed by atoms with van der Waals surface area (Å²) in [5.41, 5.74) is 1.01. The monoisotopic (exact) mass is 271 g/mol. The minimum absolute atomic E-state index is 0.0952. The molecule has 0 bridgehead atoms. The number of carboxylic acid groups (broad SMARTS) is 1. The molecule has 1 aromatic carbocycles. The number of hydrogen-bond acceptors (Lipinski definition) is 4. The molecule has 5 nitrogen and oxygen atoms in total. The van der Waals surface area contributed by atoms with Gasteiger partial charge in [0.2, 0.25) is 5.78 Å². The zero-order valence-corrected chi connectivity index (χ0v) is 11.1. The maximum absolute atomic E-state index is 12.5. The lowest BCUT2D eigenvalue weighted by molar-refractivity contribution is 0.0692. The molecule has 0 fully saturated rings. The van der Waals surface area contributed by atoms with E-state index in [1.807, 2.05) is 6.92 Å². The van der Waals surface area contributed by atoms with E-state index in [1.165, 1.54) is 25.4 Å². The number of benzene rings is 1. The van der Waals surface area contributed by atoms with Crippen LogP contribution in [-0.2, 0) is 0 Å². The molecule has 20 heavy (non-hydrogen) atoms. The molecular weight excluding hydrogens is 258 g/mol. The first kappa shape index (κ1) is 13.7. The SMILES string of the molecule is COc1cc(C)ccc1C(=O)c1ncccc1C(=O)O. The molecular formula is C15H13NO4. The summed E-state index contributed by atoms with van der Waals surface area (Å²) in [5, 5.41) is 9.11. The Balaban J connectivity index is 2.55. The third-order valence-corrected chi connectivity index (χ3v) is 2.85. The lowest BCUT2D eigenvalue weighted by Crippen LogP contribution is -2.12. The molecule has 2 rings (SSSR count). The number of nitrogens with zero attached hydrogens (tertiary/aromatic N) is 1. The van der Waals surface area contributed by atoms with Crippen LogP contribution in [0, 0.1) is 6.92 Å². The molecule has 0 amide bonds. The normalized spacial score (nSPS) is 10.1. The molecule has 1 N–H and O–H groups in total. The summed E-state index contributed by atoms with van der Waals surface area (Å²) >= 11 is 0. The van der Waals surface area contributed by atoms with Crippen LogP contribution in [0.5, 0.6) is 5.75 Å². The van der Waals surface area contributed by atoms with Crippen LogP contribution in [0.2, 0.25) is 0 Å². The number of aromatic carboxylic acids is 1. The molecule has 1 aromatic heterocycles. The van der Waals surface area contributed by atoms with Crippen molar-refractivity contribution in [1.82, 2.24) is 4.98 Å². The average Bonchev–Trinajstić information content (AvgIpc) is 2.46. The second-order valence-electron chi connectivity index (χ2n) is 4.24. The van der Waals surface area contributed by atoms with Crippen LogP contribution in [-0.4, -0.2) is 29.0 Å². The molecule has 0 radical (unpaired) electrons. The number of aromatic nitrogens is 1. The highest BCUT2D eigenvalue weighted by molar-refractivity contribution is 6.14. The predicted molar refractivity (Wildman–Crippen MR) is 72.4 cm³/mol. The van der Waals surface area contributed by atoms with Gasteiger partial charge in [0.05, 0.1) is 18.2 Å². The number of carbonyl (C=O) groups is 2. The second-order valence-corrected chi connectivity index (χ2v) is 4.24. The third kappa shape index (κ3) is 2.51. The summed E-state index contributed by atoms with van der Waals surface area (Å²) in [4.78, 5) is 27.5. The van der Waals surface area contributed by atoms with E-state index in [0.717, 1.165) is 5.56 Å². The van der Waals surface area contributed by atoms with E-state index < -0.39 is 11.8 Å². The van der Waals surface area contributed by atoms with Gasteiger partial charge in [0.1, 0.15) is 11.4 Å². The van der Waals surface area contributed by atoms with Crippen molar-refractivity contribution in [3.8, 4) is 5.75 Å². The van der Waals surface area contributed by atoms with Crippen LogP contribution in [0.1, 0.15) is 32.0 Å². The van der Waals surface area contributed by atoms with E-state index in [4.69, 9.17) is 9.84 Å². The number of carbonyl (C=O) groups excluding carboxylic acids is 1. The molecule has 0 unspecified atom stereocenters. The first-order chi connectivity index (χ1) is 9.54. The van der Waals surface area contributed by atoms with E-state index in [9.17, 15) is 9.59 Å². The van der Waals surface area contributed by atoms with E-state index in [1.54, 1.807) is 18.2 Å². The Morgan fingerprint density at radius 3 is 2.60 bits per heavy atom. The van der Waals surface area contributed by atoms with E-state index >= 15 is 0 Å². The minimum Gasteiger partial charge on any atom is -0.496 e. The second kappa shape index (κ2) is 5.52. The number of rotatable bonds is 4. The van der Waals surface area contributed by atoms with Crippen molar-refractivity contribution in [2.75, 3.05) is 7.11 Å². The van der Waals surface area contributed by atoms with Crippen molar-refractivity contribution < 1.29 is 19.4 Å². The van der Waals surface area contributed by atoms with Crippen LogP contribution >= 0.6 is 0 Å². The van der Waals surface area contributed by atoms with Gasteiger partial charge < -0.3 is 9.84 Å². The number of pyridine rings is 1. The first-order valence-electron chi connectivity index (χ1n) is 5.92. The van der Waals surface area contributed by atoms with E-state index in [-0.39, 0.29) is 11.3 Å². The van der Waals surface area contributed by atoms with Gasteiger partial charge in [-0.1, -0.05) is 6.07 Å². The number of aryl methyl sites for hydroxylation is 1. The number of ketones is 1. The summed E-state index contributed by atoms with van der Waals surface area (Å²) in [6, 6.07) is 7.92. The maximum atomic E-state index is 12.5. The Labute approximate surface area is 115 Å². The fourth-order valence-electron chi connectivity index (χ4n) is 1.87. The lowest BCUT2D eigenvalue weighted by Gasteiger charge is -2.09. The summed E-state index contributed by atoms with van der Waals surface area (Å²) < 4.78 is 5.17. The zero-order valence-electron chi connectivity index (χ0n) is 11.1. The Bertz CT molecular complexity index is 679. The fraction of sp³-hybridized carbons (Fsp3) is 0.133. The van der Waals surface area contributed by atoms with Crippen molar-refractivity contribution >= 4 is 11.8 Å². The molecule has 5 heteroatoms. The Morgan fingerprint density at radius 2 is 1.95 bits per heavy atom. The highest BCUT2D eigenvalue weighted by atomic mass is 16.5. The number of hydrogen-bond donors (Lipinski definition) is 1. The molecule has 102 valence electrons.